The van der Waals surface area contributed by atoms with E-state index in [0.717, 1.165) is 5.56 Å². The lowest BCUT2D eigenvalue weighted by Crippen LogP contribution is -1.90. The van der Waals surface area contributed by atoms with Crippen LogP contribution >= 0.6 is 34.8 Å². The Labute approximate surface area is 120 Å². The molecule has 2 nitrogen and oxygen atoms in total. The van der Waals surface area contributed by atoms with Gasteiger partial charge < -0.3 is 0 Å². The zero-order chi connectivity index (χ0) is 13.1. The molecule has 0 amide bonds. The molecule has 0 bridgehead atoms. The molecule has 18 heavy (non-hydrogen) atoms. The van der Waals surface area contributed by atoms with Gasteiger partial charge in [-0.15, -0.1) is 0 Å². The van der Waals surface area contributed by atoms with Crippen molar-refractivity contribution in [3.05, 3.63) is 51.1 Å². The van der Waals surface area contributed by atoms with E-state index in [1.165, 1.54) is 0 Å². The van der Waals surface area contributed by atoms with Gasteiger partial charge in [0.05, 0.1) is 28.2 Å². The molecular weight excluding hydrogens is 291 g/mol. The van der Waals surface area contributed by atoms with Crippen LogP contribution in [0.15, 0.2) is 30.3 Å². The first kappa shape index (κ1) is 13.2. The molecule has 0 aliphatic heterocycles. The molecule has 2 aromatic rings. The van der Waals surface area contributed by atoms with Gasteiger partial charge in [-0.25, -0.2) is 4.98 Å². The van der Waals surface area contributed by atoms with Gasteiger partial charge in [0.25, 0.3) is 0 Å². The predicted octanol–water partition coefficient (Wildman–Crippen LogP) is 4.77. The van der Waals surface area contributed by atoms with Crippen LogP contribution in [-0.2, 0) is 6.42 Å². The zero-order valence-electron chi connectivity index (χ0n) is 9.12. The van der Waals surface area contributed by atoms with Crippen molar-refractivity contribution in [2.75, 3.05) is 0 Å². The van der Waals surface area contributed by atoms with Gasteiger partial charge in [0.2, 0.25) is 0 Å². The molecule has 0 fully saturated rings. The van der Waals surface area contributed by atoms with Crippen molar-refractivity contribution in [2.24, 2.45) is 0 Å². The molecule has 0 aliphatic rings. The summed E-state index contributed by atoms with van der Waals surface area (Å²) in [4.78, 5) is 4.20. The summed E-state index contributed by atoms with van der Waals surface area (Å²) in [5, 5.41) is 9.92. The highest BCUT2D eigenvalue weighted by molar-refractivity contribution is 6.43. The first-order chi connectivity index (χ1) is 8.61. The number of aromatic nitrogens is 1. The number of hydrogen-bond donors (Lipinski definition) is 0. The number of benzene rings is 1. The average molecular weight is 298 g/mol. The molecule has 90 valence electrons. The number of halogens is 3. The lowest BCUT2D eigenvalue weighted by Gasteiger charge is -2.07. The van der Waals surface area contributed by atoms with Gasteiger partial charge in [0.15, 0.2) is 0 Å². The van der Waals surface area contributed by atoms with Crippen molar-refractivity contribution in [1.29, 1.82) is 5.26 Å². The molecule has 1 heterocycles. The van der Waals surface area contributed by atoms with Crippen LogP contribution in [-0.4, -0.2) is 4.98 Å². The summed E-state index contributed by atoms with van der Waals surface area (Å²) in [6, 6.07) is 10.8. The smallest absolute Gasteiger partial charge is 0.130 e. The highest BCUT2D eigenvalue weighted by Gasteiger charge is 2.10. The SMILES string of the molecule is N#CCc1cc(Cl)nc(-c2cccc(Cl)c2Cl)c1. The van der Waals surface area contributed by atoms with Gasteiger partial charge in [-0.1, -0.05) is 46.9 Å². The minimum absolute atomic E-state index is 0.271. The Kier molecular flexibility index (Phi) is 4.08. The number of nitrogens with zero attached hydrogens (tertiary/aromatic N) is 2. The maximum absolute atomic E-state index is 8.71. The molecule has 0 spiro atoms. The lowest BCUT2D eigenvalue weighted by molar-refractivity contribution is 1.21. The molecule has 0 radical (unpaired) electrons. The van der Waals surface area contributed by atoms with E-state index in [1.54, 1.807) is 24.3 Å². The van der Waals surface area contributed by atoms with Crippen molar-refractivity contribution >= 4 is 34.8 Å². The number of pyridine rings is 1. The summed E-state index contributed by atoms with van der Waals surface area (Å²) in [5.41, 5.74) is 2.11. The van der Waals surface area contributed by atoms with Gasteiger partial charge in [-0.2, -0.15) is 5.26 Å². The van der Waals surface area contributed by atoms with Gasteiger partial charge in [-0.05, 0) is 23.8 Å². The summed E-state index contributed by atoms with van der Waals surface area (Å²) in [6.45, 7) is 0. The number of hydrogen-bond acceptors (Lipinski definition) is 2. The van der Waals surface area contributed by atoms with Crippen LogP contribution in [0.2, 0.25) is 15.2 Å². The summed E-state index contributed by atoms with van der Waals surface area (Å²) in [6.07, 6.45) is 0.271. The standard InChI is InChI=1S/C13H7Cl3N2/c14-10-3-1-2-9(13(10)16)11-6-8(4-5-17)7-12(15)18-11/h1-3,6-7H,4H2. The monoisotopic (exact) mass is 296 g/mol. The van der Waals surface area contributed by atoms with Crippen LogP contribution in [0.5, 0.6) is 0 Å². The van der Waals surface area contributed by atoms with E-state index in [-0.39, 0.29) is 6.42 Å². The van der Waals surface area contributed by atoms with Crippen molar-refractivity contribution in [2.45, 2.75) is 6.42 Å². The van der Waals surface area contributed by atoms with E-state index < -0.39 is 0 Å². The van der Waals surface area contributed by atoms with Crippen LogP contribution in [0, 0.1) is 11.3 Å². The first-order valence-electron chi connectivity index (χ1n) is 5.09. The summed E-state index contributed by atoms with van der Waals surface area (Å²) < 4.78 is 0. The normalized spacial score (nSPS) is 10.1. The molecule has 0 saturated heterocycles. The Morgan fingerprint density at radius 3 is 2.67 bits per heavy atom. The quantitative estimate of drug-likeness (QED) is 0.748. The fourth-order valence-electron chi connectivity index (χ4n) is 1.58. The third-order valence-electron chi connectivity index (χ3n) is 2.36. The van der Waals surface area contributed by atoms with Crippen molar-refractivity contribution < 1.29 is 0 Å². The molecule has 5 heteroatoms. The van der Waals surface area contributed by atoms with Crippen molar-refractivity contribution in [3.8, 4) is 17.3 Å². The van der Waals surface area contributed by atoms with E-state index in [0.29, 0.717) is 26.5 Å². The van der Waals surface area contributed by atoms with Crippen LogP contribution in [0.1, 0.15) is 5.56 Å². The van der Waals surface area contributed by atoms with E-state index in [1.807, 2.05) is 6.07 Å². The molecule has 1 aromatic heterocycles. The van der Waals surface area contributed by atoms with Crippen molar-refractivity contribution in [1.82, 2.24) is 4.98 Å². The minimum atomic E-state index is 0.271. The van der Waals surface area contributed by atoms with Crippen LogP contribution in [0.3, 0.4) is 0 Å². The summed E-state index contributed by atoms with van der Waals surface area (Å²) in [7, 11) is 0. The first-order valence-corrected chi connectivity index (χ1v) is 6.23. The second kappa shape index (κ2) is 5.58. The Morgan fingerprint density at radius 1 is 1.17 bits per heavy atom. The van der Waals surface area contributed by atoms with Gasteiger partial charge in [0.1, 0.15) is 5.15 Å². The Hall–Kier alpha value is -1.27. The Balaban J connectivity index is 2.57. The maximum Gasteiger partial charge on any atom is 0.130 e. The lowest BCUT2D eigenvalue weighted by atomic mass is 10.1. The molecular formula is C13H7Cl3N2. The molecule has 0 unspecified atom stereocenters. The largest absolute Gasteiger partial charge is 0.236 e. The molecule has 2 rings (SSSR count). The maximum atomic E-state index is 8.71. The second-order valence-electron chi connectivity index (χ2n) is 3.62. The fraction of sp³-hybridized carbons (Fsp3) is 0.0769. The van der Waals surface area contributed by atoms with Crippen LogP contribution in [0.25, 0.3) is 11.3 Å². The number of rotatable bonds is 2. The average Bonchev–Trinajstić information content (AvgIpc) is 2.32. The molecule has 0 aliphatic carbocycles. The molecule has 0 saturated carbocycles. The predicted molar refractivity (Wildman–Crippen MR) is 74.0 cm³/mol. The van der Waals surface area contributed by atoms with Crippen molar-refractivity contribution in [3.63, 3.8) is 0 Å². The molecule has 0 atom stereocenters. The van der Waals surface area contributed by atoms with Crippen LogP contribution in [0.4, 0.5) is 0 Å². The van der Waals surface area contributed by atoms with E-state index >= 15 is 0 Å². The topological polar surface area (TPSA) is 36.7 Å². The highest BCUT2D eigenvalue weighted by atomic mass is 35.5. The molecule has 0 N–H and O–H groups in total. The third kappa shape index (κ3) is 2.76. The van der Waals surface area contributed by atoms with Gasteiger partial charge in [-0.3, -0.25) is 0 Å². The van der Waals surface area contributed by atoms with Gasteiger partial charge in [0, 0.05) is 5.56 Å². The van der Waals surface area contributed by atoms with E-state index in [9.17, 15) is 0 Å². The summed E-state index contributed by atoms with van der Waals surface area (Å²) >= 11 is 18.0. The zero-order valence-corrected chi connectivity index (χ0v) is 11.4. The van der Waals surface area contributed by atoms with Gasteiger partial charge >= 0.3 is 0 Å². The Morgan fingerprint density at radius 2 is 1.94 bits per heavy atom. The fourth-order valence-corrected chi connectivity index (χ4v) is 2.21. The Bertz CT molecular complexity index is 633. The van der Waals surface area contributed by atoms with E-state index in [2.05, 4.69) is 11.1 Å². The highest BCUT2D eigenvalue weighted by Crippen LogP contribution is 2.33. The third-order valence-corrected chi connectivity index (χ3v) is 3.38. The second-order valence-corrected chi connectivity index (χ2v) is 4.79. The van der Waals surface area contributed by atoms with Crippen LogP contribution < -0.4 is 0 Å². The summed E-state index contributed by atoms with van der Waals surface area (Å²) in [5.74, 6) is 0. The van der Waals surface area contributed by atoms with E-state index in [4.69, 9.17) is 40.1 Å². The molecule has 1 aromatic carbocycles. The number of nitriles is 1. The minimum Gasteiger partial charge on any atom is -0.236 e.